The predicted molar refractivity (Wildman–Crippen MR) is 133 cm³/mol. The van der Waals surface area contributed by atoms with Gasteiger partial charge in [-0.25, -0.2) is 4.79 Å². The van der Waals surface area contributed by atoms with Crippen molar-refractivity contribution < 1.29 is 23.8 Å². The lowest BCUT2D eigenvalue weighted by atomic mass is 10.1. The van der Waals surface area contributed by atoms with Gasteiger partial charge in [-0.05, 0) is 31.5 Å². The molecule has 0 aliphatic heterocycles. The summed E-state index contributed by atoms with van der Waals surface area (Å²) >= 11 is 0. The van der Waals surface area contributed by atoms with E-state index < -0.39 is 17.7 Å². The number of nitrogens with one attached hydrogen (secondary N) is 1. The van der Waals surface area contributed by atoms with Crippen LogP contribution in [-0.4, -0.2) is 71.0 Å². The number of benzene rings is 1. The van der Waals surface area contributed by atoms with Crippen molar-refractivity contribution in [2.75, 3.05) is 33.9 Å². The molecule has 0 radical (unpaired) electrons. The molecule has 11 nitrogen and oxygen atoms in total. The van der Waals surface area contributed by atoms with Crippen molar-refractivity contribution in [2.45, 2.75) is 38.6 Å². The fraction of sp³-hybridized carbons (Fsp3) is 0.440. The van der Waals surface area contributed by atoms with Gasteiger partial charge in [-0.2, -0.15) is 0 Å². The fourth-order valence-corrected chi connectivity index (χ4v) is 3.33. The van der Waals surface area contributed by atoms with Crippen LogP contribution in [0.1, 0.15) is 37.0 Å². The largest absolute Gasteiger partial charge is 0.443 e. The zero-order valence-corrected chi connectivity index (χ0v) is 21.1. The van der Waals surface area contributed by atoms with E-state index in [0.29, 0.717) is 36.9 Å². The highest BCUT2D eigenvalue weighted by Crippen LogP contribution is 2.18. The zero-order chi connectivity index (χ0) is 26.1. The Balaban J connectivity index is 1.83. The minimum absolute atomic E-state index is 0.0214. The van der Waals surface area contributed by atoms with Crippen LogP contribution in [0, 0.1) is 0 Å². The summed E-state index contributed by atoms with van der Waals surface area (Å²) in [6.07, 6.45) is -0.486. The van der Waals surface area contributed by atoms with Crippen LogP contribution in [0.2, 0.25) is 0 Å². The van der Waals surface area contributed by atoms with Crippen molar-refractivity contribution in [1.29, 1.82) is 0 Å². The Morgan fingerprint density at radius 1 is 1.11 bits per heavy atom. The second-order valence-electron chi connectivity index (χ2n) is 8.99. The number of nitrogens with two attached hydrogens (primary N) is 1. The molecule has 0 aliphatic rings. The summed E-state index contributed by atoms with van der Waals surface area (Å²) in [5.74, 6) is 0.0753. The first-order chi connectivity index (χ1) is 17.2. The molecule has 11 heteroatoms. The maximum atomic E-state index is 12.8. The van der Waals surface area contributed by atoms with Gasteiger partial charge in [-0.3, -0.25) is 9.20 Å². The topological polar surface area (TPSA) is 133 Å². The van der Waals surface area contributed by atoms with Gasteiger partial charge < -0.3 is 30.2 Å². The van der Waals surface area contributed by atoms with Gasteiger partial charge in [0.25, 0.3) is 0 Å². The normalized spacial score (nSPS) is 12.4. The van der Waals surface area contributed by atoms with E-state index in [4.69, 9.17) is 19.9 Å². The summed E-state index contributed by atoms with van der Waals surface area (Å²) < 4.78 is 18.2. The first-order valence-electron chi connectivity index (χ1n) is 11.6. The van der Waals surface area contributed by atoms with Crippen LogP contribution >= 0.6 is 0 Å². The number of amides is 2. The van der Waals surface area contributed by atoms with Crippen molar-refractivity contribution in [2.24, 2.45) is 5.73 Å². The number of aromatic nitrogens is 3. The molecular weight excluding hydrogens is 464 g/mol. The molecule has 0 saturated heterocycles. The maximum Gasteiger partial charge on any atom is 0.409 e. The Labute approximate surface area is 210 Å². The summed E-state index contributed by atoms with van der Waals surface area (Å²) in [5.41, 5.74) is 7.09. The molecule has 0 unspecified atom stereocenters. The quantitative estimate of drug-likeness (QED) is 0.388. The first-order valence-corrected chi connectivity index (χ1v) is 11.6. The van der Waals surface area contributed by atoms with E-state index in [1.807, 2.05) is 30.3 Å². The van der Waals surface area contributed by atoms with E-state index in [2.05, 4.69) is 15.5 Å². The number of pyridine rings is 1. The number of likely N-dealkylation sites (N-methyl/N-ethyl adjacent to an activating group) is 1. The van der Waals surface area contributed by atoms with Crippen molar-refractivity contribution in [3.05, 3.63) is 65.6 Å². The summed E-state index contributed by atoms with van der Waals surface area (Å²) in [6, 6.07) is 14.4. The summed E-state index contributed by atoms with van der Waals surface area (Å²) in [6.45, 7) is 4.51. The number of fused-ring (bicyclic) bond motifs is 1. The van der Waals surface area contributed by atoms with Gasteiger partial charge >= 0.3 is 6.09 Å². The molecule has 1 aromatic carbocycles. The standard InChI is InChI=1S/C25H34N6O5/c1-25(2,26)23(32)27-20(17-35-15-18-9-6-5-7-10-18)22-29-28-21-12-8-11-19(31(21)22)16-36-24(33)30(3)13-14-34-4/h5-12,20H,13-17,26H2,1-4H3,(H,27,32)/t20-/m1/s1. The van der Waals surface area contributed by atoms with Gasteiger partial charge in [0.15, 0.2) is 11.5 Å². The summed E-state index contributed by atoms with van der Waals surface area (Å²) in [4.78, 5) is 26.6. The van der Waals surface area contributed by atoms with E-state index in [0.717, 1.165) is 5.56 Å². The van der Waals surface area contributed by atoms with Crippen molar-refractivity contribution in [3.8, 4) is 0 Å². The molecule has 2 heterocycles. The lowest BCUT2D eigenvalue weighted by Gasteiger charge is -2.24. The SMILES string of the molecule is COCCN(C)C(=O)OCc1cccc2nnc([C@@H](COCc3ccccc3)NC(=O)C(C)(C)N)n12. The van der Waals surface area contributed by atoms with Gasteiger partial charge in [0.05, 0.1) is 31.1 Å². The first kappa shape index (κ1) is 27.1. The Morgan fingerprint density at radius 3 is 2.56 bits per heavy atom. The third kappa shape index (κ3) is 7.23. The van der Waals surface area contributed by atoms with Crippen molar-refractivity contribution in [3.63, 3.8) is 0 Å². The van der Waals surface area contributed by atoms with Crippen molar-refractivity contribution >= 4 is 17.6 Å². The molecule has 3 aromatic rings. The highest BCUT2D eigenvalue weighted by molar-refractivity contribution is 5.85. The molecule has 0 saturated carbocycles. The van der Waals surface area contributed by atoms with Crippen LogP contribution < -0.4 is 11.1 Å². The zero-order valence-electron chi connectivity index (χ0n) is 21.1. The van der Waals surface area contributed by atoms with E-state index in [1.165, 1.54) is 4.90 Å². The minimum atomic E-state index is -1.11. The third-order valence-electron chi connectivity index (χ3n) is 5.42. The number of hydrogen-bond donors (Lipinski definition) is 2. The van der Waals surface area contributed by atoms with E-state index >= 15 is 0 Å². The predicted octanol–water partition coefficient (Wildman–Crippen LogP) is 2.06. The van der Waals surface area contributed by atoms with Crippen LogP contribution in [-0.2, 0) is 32.2 Å². The number of nitrogens with zero attached hydrogens (tertiary/aromatic N) is 4. The Kier molecular flexibility index (Phi) is 9.34. The van der Waals surface area contributed by atoms with Gasteiger partial charge in [0.2, 0.25) is 5.91 Å². The van der Waals surface area contributed by atoms with Crippen LogP contribution in [0.4, 0.5) is 4.79 Å². The number of ether oxygens (including phenoxy) is 3. The molecule has 0 aliphatic carbocycles. The molecule has 0 bridgehead atoms. The molecule has 1 atom stereocenters. The molecule has 0 spiro atoms. The highest BCUT2D eigenvalue weighted by Gasteiger charge is 2.28. The van der Waals surface area contributed by atoms with Crippen LogP contribution in [0.3, 0.4) is 0 Å². The second kappa shape index (κ2) is 12.4. The average molecular weight is 499 g/mol. The van der Waals surface area contributed by atoms with Crippen LogP contribution in [0.15, 0.2) is 48.5 Å². The van der Waals surface area contributed by atoms with Gasteiger partial charge in [0.1, 0.15) is 12.6 Å². The molecule has 2 aromatic heterocycles. The molecular formula is C25H34N6O5. The van der Waals surface area contributed by atoms with Crippen LogP contribution in [0.5, 0.6) is 0 Å². The maximum absolute atomic E-state index is 12.8. The third-order valence-corrected chi connectivity index (χ3v) is 5.42. The second-order valence-corrected chi connectivity index (χ2v) is 8.99. The lowest BCUT2D eigenvalue weighted by Crippen LogP contribution is -2.51. The Bertz CT molecular complexity index is 1140. The molecule has 36 heavy (non-hydrogen) atoms. The lowest BCUT2D eigenvalue weighted by molar-refractivity contribution is -0.126. The smallest absolute Gasteiger partial charge is 0.409 e. The molecule has 3 rings (SSSR count). The fourth-order valence-electron chi connectivity index (χ4n) is 3.33. The minimum Gasteiger partial charge on any atom is -0.443 e. The van der Waals surface area contributed by atoms with Gasteiger partial charge in [-0.1, -0.05) is 36.4 Å². The Morgan fingerprint density at radius 2 is 1.86 bits per heavy atom. The Hall–Kier alpha value is -3.54. The molecule has 2 amide bonds. The highest BCUT2D eigenvalue weighted by atomic mass is 16.6. The average Bonchev–Trinajstić information content (AvgIpc) is 3.30. The number of carbonyl (C=O) groups excluding carboxylic acids is 2. The number of rotatable bonds is 12. The van der Waals surface area contributed by atoms with Crippen LogP contribution in [0.25, 0.3) is 5.65 Å². The molecule has 0 fully saturated rings. The van der Waals surface area contributed by atoms with Gasteiger partial charge in [-0.15, -0.1) is 10.2 Å². The number of hydrogen-bond acceptors (Lipinski definition) is 8. The van der Waals surface area contributed by atoms with Gasteiger partial charge in [0, 0.05) is 20.7 Å². The monoisotopic (exact) mass is 498 g/mol. The van der Waals surface area contributed by atoms with E-state index in [9.17, 15) is 9.59 Å². The van der Waals surface area contributed by atoms with Crippen molar-refractivity contribution in [1.82, 2.24) is 24.8 Å². The molecule has 3 N–H and O–H groups in total. The summed E-state index contributed by atoms with van der Waals surface area (Å²) in [5, 5.41) is 11.5. The number of carbonyl (C=O) groups is 2. The molecule has 194 valence electrons. The number of methoxy groups -OCH3 is 1. The van der Waals surface area contributed by atoms with E-state index in [1.54, 1.807) is 50.6 Å². The van der Waals surface area contributed by atoms with E-state index in [-0.39, 0.29) is 19.1 Å². The summed E-state index contributed by atoms with van der Waals surface area (Å²) in [7, 11) is 3.20.